The molecule has 4 N–H and O–H groups in total. The second-order valence-corrected chi connectivity index (χ2v) is 4.01. The summed E-state index contributed by atoms with van der Waals surface area (Å²) < 4.78 is 4.96. The molecule has 1 heterocycles. The summed E-state index contributed by atoms with van der Waals surface area (Å²) in [6.45, 7) is 5.14. The Morgan fingerprint density at radius 2 is 2.00 bits per heavy atom. The molecule has 0 saturated heterocycles. The van der Waals surface area contributed by atoms with E-state index >= 15 is 0 Å². The van der Waals surface area contributed by atoms with E-state index in [-0.39, 0.29) is 11.5 Å². The molecule has 0 fully saturated rings. The maximum absolute atomic E-state index is 11.3. The van der Waals surface area contributed by atoms with E-state index in [1.54, 1.807) is 20.8 Å². The molecule has 0 aliphatic carbocycles. The number of anilines is 1. The quantitative estimate of drug-likeness (QED) is 0.668. The lowest BCUT2D eigenvalue weighted by molar-refractivity contribution is 0.0635. The highest BCUT2D eigenvalue weighted by Crippen LogP contribution is 2.11. The second kappa shape index (κ2) is 4.17. The minimum absolute atomic E-state index is 0.0539. The van der Waals surface area contributed by atoms with Crippen LogP contribution < -0.4 is 11.1 Å². The molecule has 0 radical (unpaired) electrons. The van der Waals surface area contributed by atoms with Gasteiger partial charge in [-0.2, -0.15) is 5.21 Å². The van der Waals surface area contributed by atoms with Crippen LogP contribution in [-0.4, -0.2) is 33.0 Å². The van der Waals surface area contributed by atoms with Crippen LogP contribution in [0.15, 0.2) is 0 Å². The molecule has 0 bridgehead atoms. The van der Waals surface area contributed by atoms with E-state index in [9.17, 15) is 9.59 Å². The third-order valence-electron chi connectivity index (χ3n) is 1.40. The summed E-state index contributed by atoms with van der Waals surface area (Å²) >= 11 is 0. The Bertz CT molecular complexity index is 406. The number of aromatic nitrogens is 3. The number of H-pyrrole nitrogens is 1. The van der Waals surface area contributed by atoms with Crippen molar-refractivity contribution < 1.29 is 14.3 Å². The van der Waals surface area contributed by atoms with Gasteiger partial charge in [-0.25, -0.2) is 4.79 Å². The van der Waals surface area contributed by atoms with Crippen LogP contribution in [0, 0.1) is 0 Å². The molecule has 0 spiro atoms. The molecule has 0 unspecified atom stereocenters. The zero-order valence-electron chi connectivity index (χ0n) is 9.20. The van der Waals surface area contributed by atoms with Crippen LogP contribution >= 0.6 is 0 Å². The van der Waals surface area contributed by atoms with E-state index in [1.807, 2.05) is 0 Å². The summed E-state index contributed by atoms with van der Waals surface area (Å²) in [6.07, 6.45) is -0.733. The maximum atomic E-state index is 11.3. The van der Waals surface area contributed by atoms with Gasteiger partial charge in [0, 0.05) is 0 Å². The molecule has 0 saturated carbocycles. The Morgan fingerprint density at radius 3 is 2.50 bits per heavy atom. The highest BCUT2D eigenvalue weighted by Gasteiger charge is 2.20. The van der Waals surface area contributed by atoms with E-state index in [4.69, 9.17) is 10.5 Å². The molecule has 0 aromatic carbocycles. The molecule has 1 aromatic heterocycles. The molecule has 0 atom stereocenters. The van der Waals surface area contributed by atoms with Gasteiger partial charge in [0.25, 0.3) is 5.91 Å². The monoisotopic (exact) mass is 227 g/mol. The van der Waals surface area contributed by atoms with E-state index in [2.05, 4.69) is 20.7 Å². The number of nitrogens with zero attached hydrogens (tertiary/aromatic N) is 2. The van der Waals surface area contributed by atoms with Crippen molar-refractivity contribution in [2.24, 2.45) is 5.73 Å². The third-order valence-corrected chi connectivity index (χ3v) is 1.40. The molecular weight excluding hydrogens is 214 g/mol. The molecule has 2 amide bonds. The minimum atomic E-state index is -0.792. The van der Waals surface area contributed by atoms with E-state index < -0.39 is 17.6 Å². The van der Waals surface area contributed by atoms with Gasteiger partial charge in [0.1, 0.15) is 5.60 Å². The van der Waals surface area contributed by atoms with E-state index in [0.717, 1.165) is 0 Å². The number of primary amides is 1. The summed E-state index contributed by atoms with van der Waals surface area (Å²) in [7, 11) is 0. The predicted octanol–water partition coefficient (Wildman–Crippen LogP) is 0.251. The average molecular weight is 227 g/mol. The first-order chi connectivity index (χ1) is 7.29. The topological polar surface area (TPSA) is 123 Å². The molecule has 0 aliphatic heterocycles. The Kier molecular flexibility index (Phi) is 3.11. The Labute approximate surface area is 91.5 Å². The first kappa shape index (κ1) is 12.0. The number of nitrogens with two attached hydrogens (primary N) is 1. The fraction of sp³-hybridized carbons (Fsp3) is 0.500. The third kappa shape index (κ3) is 3.23. The van der Waals surface area contributed by atoms with Crippen LogP contribution in [0.2, 0.25) is 0 Å². The second-order valence-electron chi connectivity index (χ2n) is 4.01. The summed E-state index contributed by atoms with van der Waals surface area (Å²) in [5.74, 6) is -0.846. The summed E-state index contributed by atoms with van der Waals surface area (Å²) in [5.41, 5.74) is 4.22. The van der Waals surface area contributed by atoms with Crippen LogP contribution in [0.3, 0.4) is 0 Å². The molecule has 1 aromatic rings. The van der Waals surface area contributed by atoms with E-state index in [1.165, 1.54) is 0 Å². The number of nitrogens with one attached hydrogen (secondary N) is 2. The highest BCUT2D eigenvalue weighted by molar-refractivity contribution is 5.98. The zero-order chi connectivity index (χ0) is 12.3. The van der Waals surface area contributed by atoms with Crippen molar-refractivity contribution in [3.63, 3.8) is 0 Å². The van der Waals surface area contributed by atoms with Gasteiger partial charge in [-0.3, -0.25) is 10.1 Å². The van der Waals surface area contributed by atoms with Gasteiger partial charge in [0.15, 0.2) is 11.5 Å². The summed E-state index contributed by atoms with van der Waals surface area (Å²) in [5, 5.41) is 11.5. The number of ether oxygens (including phenoxy) is 1. The van der Waals surface area contributed by atoms with Gasteiger partial charge in [-0.15, -0.1) is 10.2 Å². The number of hydrogen-bond acceptors (Lipinski definition) is 5. The molecule has 8 nitrogen and oxygen atoms in total. The molecule has 1 rings (SSSR count). The lowest BCUT2D eigenvalue weighted by Crippen LogP contribution is -2.28. The van der Waals surface area contributed by atoms with Crippen LogP contribution in [0.5, 0.6) is 0 Å². The summed E-state index contributed by atoms with van der Waals surface area (Å²) in [6, 6.07) is 0. The smallest absolute Gasteiger partial charge is 0.413 e. The molecular formula is C8H13N5O3. The van der Waals surface area contributed by atoms with Crippen LogP contribution in [0.4, 0.5) is 10.6 Å². The number of carbonyl (C=O) groups is 2. The van der Waals surface area contributed by atoms with Crippen LogP contribution in [-0.2, 0) is 4.74 Å². The lowest BCUT2D eigenvalue weighted by Gasteiger charge is -2.19. The fourth-order valence-electron chi connectivity index (χ4n) is 0.890. The zero-order valence-corrected chi connectivity index (χ0v) is 9.20. The van der Waals surface area contributed by atoms with Crippen molar-refractivity contribution >= 4 is 17.8 Å². The standard InChI is InChI=1S/C8H13N5O3/c1-8(2,3)16-7(15)10-6-4(5(9)14)11-13-12-6/h1-3H3,(H2,9,14)(H2,10,11,12,13,15). The number of carbonyl (C=O) groups excluding carboxylic acids is 2. The van der Waals surface area contributed by atoms with Crippen LogP contribution in [0.25, 0.3) is 0 Å². The Balaban J connectivity index is 2.70. The van der Waals surface area contributed by atoms with Crippen molar-refractivity contribution in [2.75, 3.05) is 5.32 Å². The van der Waals surface area contributed by atoms with Crippen molar-refractivity contribution in [3.8, 4) is 0 Å². The highest BCUT2D eigenvalue weighted by atomic mass is 16.6. The van der Waals surface area contributed by atoms with E-state index in [0.29, 0.717) is 0 Å². The fourth-order valence-corrected chi connectivity index (χ4v) is 0.890. The molecule has 16 heavy (non-hydrogen) atoms. The van der Waals surface area contributed by atoms with Crippen LogP contribution in [0.1, 0.15) is 31.3 Å². The molecule has 0 aliphatic rings. The first-order valence-electron chi connectivity index (χ1n) is 4.50. The van der Waals surface area contributed by atoms with Gasteiger partial charge in [0.05, 0.1) is 0 Å². The molecule has 8 heteroatoms. The number of aromatic amines is 1. The summed E-state index contributed by atoms with van der Waals surface area (Å²) in [4.78, 5) is 22.2. The van der Waals surface area contributed by atoms with Gasteiger partial charge in [-0.1, -0.05) is 0 Å². The predicted molar refractivity (Wildman–Crippen MR) is 54.8 cm³/mol. The van der Waals surface area contributed by atoms with Gasteiger partial charge in [0.2, 0.25) is 0 Å². The Morgan fingerprint density at radius 1 is 1.38 bits per heavy atom. The SMILES string of the molecule is CC(C)(C)OC(=O)Nc1n[nH]nc1C(N)=O. The normalized spacial score (nSPS) is 10.9. The van der Waals surface area contributed by atoms with Gasteiger partial charge in [-0.05, 0) is 20.8 Å². The minimum Gasteiger partial charge on any atom is -0.444 e. The average Bonchev–Trinajstić information content (AvgIpc) is 2.47. The molecule has 88 valence electrons. The number of rotatable bonds is 2. The Hall–Kier alpha value is -2.12. The number of hydrogen-bond donors (Lipinski definition) is 3. The van der Waals surface area contributed by atoms with Gasteiger partial charge >= 0.3 is 6.09 Å². The van der Waals surface area contributed by atoms with Crippen molar-refractivity contribution in [1.29, 1.82) is 0 Å². The first-order valence-corrected chi connectivity index (χ1v) is 4.50. The van der Waals surface area contributed by atoms with Crippen molar-refractivity contribution in [2.45, 2.75) is 26.4 Å². The van der Waals surface area contributed by atoms with Gasteiger partial charge < -0.3 is 10.5 Å². The lowest BCUT2D eigenvalue weighted by atomic mass is 10.2. The maximum Gasteiger partial charge on any atom is 0.413 e. The largest absolute Gasteiger partial charge is 0.444 e. The van der Waals surface area contributed by atoms with Crippen molar-refractivity contribution in [3.05, 3.63) is 5.69 Å². The van der Waals surface area contributed by atoms with Crippen molar-refractivity contribution in [1.82, 2.24) is 15.4 Å². The number of amides is 2.